The van der Waals surface area contributed by atoms with Gasteiger partial charge in [0, 0.05) is 44.7 Å². The minimum Gasteiger partial charge on any atom is -0.458 e. The van der Waals surface area contributed by atoms with Crippen molar-refractivity contribution in [2.45, 2.75) is 102 Å². The van der Waals surface area contributed by atoms with Crippen LogP contribution in [0, 0.1) is 17.6 Å². The van der Waals surface area contributed by atoms with E-state index in [0.717, 1.165) is 46.2 Å². The predicted molar refractivity (Wildman–Crippen MR) is 202 cm³/mol. The van der Waals surface area contributed by atoms with Gasteiger partial charge in [0.25, 0.3) is 0 Å². The Hall–Kier alpha value is -6.06. The van der Waals surface area contributed by atoms with Crippen molar-refractivity contribution in [2.24, 2.45) is 5.92 Å². The van der Waals surface area contributed by atoms with E-state index in [0.29, 0.717) is 6.07 Å². The zero-order valence-corrected chi connectivity index (χ0v) is 33.6. The van der Waals surface area contributed by atoms with Crippen LogP contribution in [0.1, 0.15) is 46.1 Å². The molecule has 0 spiro atoms. The molecule has 2 aromatic rings. The monoisotopic (exact) mass is 867 g/mol. The molecular formula is C39H46F5N7O10. The number of rotatable bonds is 7. The van der Waals surface area contributed by atoms with Crippen molar-refractivity contribution in [3.05, 3.63) is 59.7 Å². The summed E-state index contributed by atoms with van der Waals surface area (Å²) < 4.78 is 76.1. The van der Waals surface area contributed by atoms with Gasteiger partial charge in [-0.1, -0.05) is 6.92 Å². The van der Waals surface area contributed by atoms with Crippen molar-refractivity contribution in [3.8, 4) is 5.75 Å². The van der Waals surface area contributed by atoms with Crippen molar-refractivity contribution < 1.29 is 70.1 Å². The van der Waals surface area contributed by atoms with E-state index >= 15 is 0 Å². The molecule has 17 nitrogen and oxygen atoms in total. The summed E-state index contributed by atoms with van der Waals surface area (Å²) in [4.78, 5) is 99.9. The van der Waals surface area contributed by atoms with Crippen LogP contribution in [0.15, 0.2) is 42.5 Å². The molecule has 0 aromatic heterocycles. The minimum atomic E-state index is -4.99. The lowest BCUT2D eigenvalue weighted by atomic mass is 10.0. The van der Waals surface area contributed by atoms with Crippen LogP contribution in [0.4, 0.5) is 32.4 Å². The number of hydrogen-bond donors (Lipinski definition) is 5. The number of fused-ring (bicyclic) bond motifs is 2. The molecule has 0 radical (unpaired) electrons. The van der Waals surface area contributed by atoms with E-state index in [-0.39, 0.29) is 36.6 Å². The Morgan fingerprint density at radius 2 is 1.52 bits per heavy atom. The summed E-state index contributed by atoms with van der Waals surface area (Å²) in [5.41, 5.74) is -0.210. The fraction of sp³-hybridized carbons (Fsp3) is 0.513. The number of aliphatic hydroxyl groups excluding tert-OH is 1. The summed E-state index contributed by atoms with van der Waals surface area (Å²) in [6, 6.07) is -3.44. The molecule has 3 fully saturated rings. The lowest BCUT2D eigenvalue weighted by Gasteiger charge is -2.36. The van der Waals surface area contributed by atoms with Crippen molar-refractivity contribution in [1.29, 1.82) is 0 Å². The van der Waals surface area contributed by atoms with Gasteiger partial charge >= 0.3 is 18.4 Å². The van der Waals surface area contributed by atoms with E-state index in [2.05, 4.69) is 26.0 Å². The van der Waals surface area contributed by atoms with Crippen LogP contribution >= 0.6 is 0 Å². The topological polar surface area (TPSA) is 216 Å². The van der Waals surface area contributed by atoms with Gasteiger partial charge in [-0.3, -0.25) is 24.0 Å². The molecular weight excluding hydrogens is 821 g/mol. The van der Waals surface area contributed by atoms with Gasteiger partial charge in [-0.2, -0.15) is 0 Å². The number of urea groups is 1. The van der Waals surface area contributed by atoms with Crippen LogP contribution in [0.25, 0.3) is 0 Å². The average molecular weight is 868 g/mol. The molecule has 0 aliphatic carbocycles. The van der Waals surface area contributed by atoms with E-state index in [4.69, 9.17) is 4.74 Å². The number of nitrogens with zero attached hydrogens (tertiary/aromatic N) is 3. The van der Waals surface area contributed by atoms with Gasteiger partial charge in [-0.05, 0) is 75.1 Å². The number of nitrogens with one attached hydrogen (secondary N) is 4. The highest BCUT2D eigenvalue weighted by atomic mass is 19.4. The number of carbonyl (C=O) groups is 7. The zero-order chi connectivity index (χ0) is 45.1. The number of anilines is 1. The van der Waals surface area contributed by atoms with Crippen LogP contribution in [0.2, 0.25) is 0 Å². The predicted octanol–water partition coefficient (Wildman–Crippen LogP) is 1.58. The molecule has 2 unspecified atom stereocenters. The third kappa shape index (κ3) is 11.4. The molecule has 3 heterocycles. The first-order chi connectivity index (χ1) is 28.5. The second kappa shape index (κ2) is 18.7. The van der Waals surface area contributed by atoms with Crippen LogP contribution in [0.5, 0.6) is 5.75 Å². The number of aliphatic hydroxyl groups is 1. The first-order valence-corrected chi connectivity index (χ1v) is 19.3. The number of benzene rings is 2. The van der Waals surface area contributed by atoms with E-state index in [1.54, 1.807) is 6.92 Å². The van der Waals surface area contributed by atoms with Crippen LogP contribution < -0.4 is 26.0 Å². The number of cyclic esters (lactones) is 1. The molecule has 3 aliphatic heterocycles. The fourth-order valence-electron chi connectivity index (χ4n) is 7.43. The fourth-order valence-corrected chi connectivity index (χ4v) is 7.43. The SMILES string of the molecule is C[C@H]1CC2C(=O)O[C@@H](C)[C@H](NC(=O)[C@H](Cc3cc(F)cc(F)c3)NC(=O)Nc3ccc(OC(F)(F)F)cc3)C(=O)N3C[C@H](O)CC3C(=O)N(C)[C@@H](C)C(=O)N[C@@H](C)C(=O)N2C1. The normalized spacial score (nSPS) is 27.1. The maximum Gasteiger partial charge on any atom is 0.573 e. The molecule has 332 valence electrons. The lowest BCUT2D eigenvalue weighted by molar-refractivity contribution is -0.274. The maximum atomic E-state index is 14.6. The molecule has 0 bridgehead atoms. The van der Waals surface area contributed by atoms with Gasteiger partial charge in [-0.15, -0.1) is 13.2 Å². The third-order valence-electron chi connectivity index (χ3n) is 10.6. The summed E-state index contributed by atoms with van der Waals surface area (Å²) in [7, 11) is 1.29. The quantitative estimate of drug-likeness (QED) is 0.200. The molecule has 9 atom stereocenters. The number of halogens is 5. The molecule has 5 rings (SSSR count). The molecule has 61 heavy (non-hydrogen) atoms. The molecule has 7 amide bonds. The summed E-state index contributed by atoms with van der Waals surface area (Å²) in [6.45, 7) is 5.50. The zero-order valence-electron chi connectivity index (χ0n) is 33.6. The minimum absolute atomic E-state index is 0.0700. The smallest absolute Gasteiger partial charge is 0.458 e. The van der Waals surface area contributed by atoms with Crippen molar-refractivity contribution in [1.82, 2.24) is 30.7 Å². The van der Waals surface area contributed by atoms with E-state index < -0.39 is 127 Å². The van der Waals surface area contributed by atoms with Crippen molar-refractivity contribution in [3.63, 3.8) is 0 Å². The van der Waals surface area contributed by atoms with Crippen LogP contribution in [-0.4, -0.2) is 136 Å². The highest BCUT2D eigenvalue weighted by Gasteiger charge is 2.48. The number of amides is 7. The van der Waals surface area contributed by atoms with Gasteiger partial charge in [0.1, 0.15) is 59.7 Å². The van der Waals surface area contributed by atoms with Crippen LogP contribution in [-0.2, 0) is 39.9 Å². The Morgan fingerprint density at radius 1 is 0.902 bits per heavy atom. The van der Waals surface area contributed by atoms with E-state index in [9.17, 15) is 60.6 Å². The molecule has 3 saturated heterocycles. The Kier molecular flexibility index (Phi) is 14.1. The average Bonchev–Trinajstić information content (AvgIpc) is 3.76. The number of hydrogen-bond acceptors (Lipinski definition) is 10. The second-order valence-corrected chi connectivity index (χ2v) is 15.4. The number of ether oxygens (including phenoxy) is 2. The van der Waals surface area contributed by atoms with E-state index in [1.807, 2.05) is 0 Å². The molecule has 5 N–H and O–H groups in total. The molecule has 3 aliphatic rings. The van der Waals surface area contributed by atoms with Gasteiger partial charge < -0.3 is 50.5 Å². The highest BCUT2D eigenvalue weighted by molar-refractivity contribution is 5.98. The standard InChI is InChI=1S/C39H46F5N7O10/c1-18-10-30-37(58)60-21(4)31(36(57)51-17-26(52)15-29(51)35(56)49(5)20(3)32(53)45-19(2)34(55)50(30)16-18)48-33(54)28(13-22-11-23(40)14-24(41)12-22)47-38(59)46-25-6-8-27(9-7-25)61-39(42,43)44/h6-9,11-12,14,18-21,26,28-31,52H,10,13,15-17H2,1-5H3,(H,45,53)(H,48,54)(H2,46,47,59)/t18-,19-,20-,21-,26+,28-,29?,30?,31-/m0/s1. The summed E-state index contributed by atoms with van der Waals surface area (Å²) in [5, 5.41) is 20.3. The summed E-state index contributed by atoms with van der Waals surface area (Å²) in [6.07, 6.45) is -8.57. The summed E-state index contributed by atoms with van der Waals surface area (Å²) in [5.74, 6) is -8.19. The Morgan fingerprint density at radius 3 is 2.15 bits per heavy atom. The molecule has 22 heteroatoms. The lowest BCUT2D eigenvalue weighted by Crippen LogP contribution is -2.62. The highest BCUT2D eigenvalue weighted by Crippen LogP contribution is 2.28. The largest absolute Gasteiger partial charge is 0.573 e. The Balaban J connectivity index is 1.49. The number of esters is 1. The molecule has 0 saturated carbocycles. The van der Waals surface area contributed by atoms with Gasteiger partial charge in [0.2, 0.25) is 29.5 Å². The number of likely N-dealkylation sites (N-methyl/N-ethyl adjacent to an activating group) is 1. The van der Waals surface area contributed by atoms with Crippen molar-refractivity contribution >= 4 is 47.2 Å². The van der Waals surface area contributed by atoms with Crippen LogP contribution in [0.3, 0.4) is 0 Å². The van der Waals surface area contributed by atoms with E-state index in [1.165, 1.54) is 32.7 Å². The van der Waals surface area contributed by atoms with Gasteiger partial charge in [0.05, 0.1) is 6.10 Å². The number of alkyl halides is 3. The Bertz CT molecular complexity index is 2000. The maximum absolute atomic E-state index is 14.6. The summed E-state index contributed by atoms with van der Waals surface area (Å²) >= 11 is 0. The second-order valence-electron chi connectivity index (χ2n) is 15.4. The van der Waals surface area contributed by atoms with Gasteiger partial charge in [0.15, 0.2) is 0 Å². The van der Waals surface area contributed by atoms with Crippen molar-refractivity contribution in [2.75, 3.05) is 25.5 Å². The van der Waals surface area contributed by atoms with Gasteiger partial charge in [-0.25, -0.2) is 18.4 Å². The first-order valence-electron chi connectivity index (χ1n) is 19.3. The number of carbonyl (C=O) groups excluding carboxylic acids is 7. The molecule has 2 aromatic carbocycles. The third-order valence-corrected chi connectivity index (χ3v) is 10.6. The first kappa shape index (κ1) is 46.0. The Labute approximate surface area is 346 Å².